The Kier molecular flexibility index (Phi) is 2.34. The van der Waals surface area contributed by atoms with Gasteiger partial charge in [-0.1, -0.05) is 12.1 Å². The fourth-order valence-corrected chi connectivity index (χ4v) is 1.82. The topological polar surface area (TPSA) is 49.2 Å². The second kappa shape index (κ2) is 3.84. The second-order valence-electron chi connectivity index (χ2n) is 3.86. The first kappa shape index (κ1) is 9.74. The first-order chi connectivity index (χ1) is 7.84. The van der Waals surface area contributed by atoms with Crippen molar-refractivity contribution in [1.29, 1.82) is 0 Å². The average Bonchev–Trinajstić information content (AvgIpc) is 2.97. The van der Waals surface area contributed by atoms with Crippen LogP contribution in [0, 0.1) is 0 Å². The molecule has 5 nitrogen and oxygen atoms in total. The van der Waals surface area contributed by atoms with Gasteiger partial charge in [0.05, 0.1) is 13.2 Å². The standard InChI is InChI=1S/C11H13N3O2/c1-8(11-15-6-7-16-11)14-12-9-4-2-3-5-10(9)13-14/h2-5,8,11H,6-7H2,1H3. The Balaban J connectivity index is 1.92. The van der Waals surface area contributed by atoms with E-state index in [2.05, 4.69) is 10.2 Å². The van der Waals surface area contributed by atoms with E-state index in [1.54, 1.807) is 4.80 Å². The molecule has 1 fully saturated rings. The van der Waals surface area contributed by atoms with E-state index in [4.69, 9.17) is 9.47 Å². The molecule has 84 valence electrons. The minimum absolute atomic E-state index is 0.00472. The van der Waals surface area contributed by atoms with Gasteiger partial charge in [-0.2, -0.15) is 15.0 Å². The molecule has 0 radical (unpaired) electrons. The second-order valence-corrected chi connectivity index (χ2v) is 3.86. The van der Waals surface area contributed by atoms with Gasteiger partial charge >= 0.3 is 0 Å². The van der Waals surface area contributed by atoms with Crippen LogP contribution in [0.4, 0.5) is 0 Å². The number of hydrogen-bond acceptors (Lipinski definition) is 4. The monoisotopic (exact) mass is 219 g/mol. The zero-order chi connectivity index (χ0) is 11.0. The summed E-state index contributed by atoms with van der Waals surface area (Å²) in [6.07, 6.45) is -0.234. The summed E-state index contributed by atoms with van der Waals surface area (Å²) in [5, 5.41) is 8.81. The summed E-state index contributed by atoms with van der Waals surface area (Å²) in [4.78, 5) is 1.67. The molecule has 1 unspecified atom stereocenters. The molecule has 1 aliphatic heterocycles. The van der Waals surface area contributed by atoms with Crippen LogP contribution in [-0.2, 0) is 9.47 Å². The molecular formula is C11H13N3O2. The number of aromatic nitrogens is 3. The van der Waals surface area contributed by atoms with E-state index in [0.29, 0.717) is 13.2 Å². The minimum atomic E-state index is -0.234. The van der Waals surface area contributed by atoms with Crippen molar-refractivity contribution in [3.8, 4) is 0 Å². The highest BCUT2D eigenvalue weighted by atomic mass is 16.7. The molecule has 0 amide bonds. The van der Waals surface area contributed by atoms with E-state index in [9.17, 15) is 0 Å². The van der Waals surface area contributed by atoms with E-state index in [1.165, 1.54) is 0 Å². The van der Waals surface area contributed by atoms with E-state index in [0.717, 1.165) is 11.0 Å². The quantitative estimate of drug-likeness (QED) is 0.765. The van der Waals surface area contributed by atoms with Gasteiger partial charge in [0, 0.05) is 0 Å². The third-order valence-electron chi connectivity index (χ3n) is 2.71. The summed E-state index contributed by atoms with van der Waals surface area (Å²) in [5.41, 5.74) is 1.79. The molecule has 0 spiro atoms. The molecule has 2 heterocycles. The molecular weight excluding hydrogens is 206 g/mol. The Hall–Kier alpha value is -1.46. The lowest BCUT2D eigenvalue weighted by Gasteiger charge is -2.16. The first-order valence-corrected chi connectivity index (χ1v) is 5.39. The van der Waals surface area contributed by atoms with Crippen LogP contribution in [0.3, 0.4) is 0 Å². The maximum Gasteiger partial charge on any atom is 0.181 e. The molecule has 0 N–H and O–H groups in total. The van der Waals surface area contributed by atoms with Crippen molar-refractivity contribution in [1.82, 2.24) is 15.0 Å². The maximum atomic E-state index is 5.44. The lowest BCUT2D eigenvalue weighted by atomic mass is 10.3. The van der Waals surface area contributed by atoms with Crippen molar-refractivity contribution in [3.63, 3.8) is 0 Å². The Bertz CT molecular complexity index is 458. The maximum absolute atomic E-state index is 5.44. The third-order valence-corrected chi connectivity index (χ3v) is 2.71. The molecule has 1 atom stereocenters. The van der Waals surface area contributed by atoms with Gasteiger partial charge in [-0.05, 0) is 19.1 Å². The van der Waals surface area contributed by atoms with Crippen LogP contribution < -0.4 is 0 Å². The Morgan fingerprint density at radius 2 is 1.75 bits per heavy atom. The average molecular weight is 219 g/mol. The van der Waals surface area contributed by atoms with E-state index in [1.807, 2.05) is 31.2 Å². The number of ether oxygens (including phenoxy) is 2. The number of rotatable bonds is 2. The zero-order valence-corrected chi connectivity index (χ0v) is 9.04. The Morgan fingerprint density at radius 1 is 1.19 bits per heavy atom. The number of benzene rings is 1. The van der Waals surface area contributed by atoms with Gasteiger partial charge < -0.3 is 9.47 Å². The number of nitrogens with zero attached hydrogens (tertiary/aromatic N) is 3. The summed E-state index contributed by atoms with van der Waals surface area (Å²) in [5.74, 6) is 0. The van der Waals surface area contributed by atoms with Crippen molar-refractivity contribution < 1.29 is 9.47 Å². The zero-order valence-electron chi connectivity index (χ0n) is 9.04. The highest BCUT2D eigenvalue weighted by Crippen LogP contribution is 2.19. The van der Waals surface area contributed by atoms with Crippen LogP contribution in [0.25, 0.3) is 11.0 Å². The lowest BCUT2D eigenvalue weighted by molar-refractivity contribution is -0.0787. The highest BCUT2D eigenvalue weighted by Gasteiger charge is 2.26. The van der Waals surface area contributed by atoms with Crippen molar-refractivity contribution in [2.75, 3.05) is 13.2 Å². The molecule has 16 heavy (non-hydrogen) atoms. The van der Waals surface area contributed by atoms with Crippen molar-refractivity contribution in [3.05, 3.63) is 24.3 Å². The molecule has 3 rings (SSSR count). The smallest absolute Gasteiger partial charge is 0.181 e. The van der Waals surface area contributed by atoms with Crippen LogP contribution >= 0.6 is 0 Å². The van der Waals surface area contributed by atoms with Gasteiger partial charge in [-0.25, -0.2) is 0 Å². The third kappa shape index (κ3) is 1.58. The SMILES string of the molecule is CC(C1OCCO1)n1nc2ccccc2n1. The van der Waals surface area contributed by atoms with Crippen LogP contribution in [0.2, 0.25) is 0 Å². The van der Waals surface area contributed by atoms with Crippen LogP contribution in [0.15, 0.2) is 24.3 Å². The van der Waals surface area contributed by atoms with Crippen LogP contribution in [0.1, 0.15) is 13.0 Å². The normalized spacial score (nSPS) is 19.3. The lowest BCUT2D eigenvalue weighted by Crippen LogP contribution is -2.24. The number of fused-ring (bicyclic) bond motifs is 1. The molecule has 0 saturated carbocycles. The summed E-state index contributed by atoms with van der Waals surface area (Å²) < 4.78 is 10.9. The van der Waals surface area contributed by atoms with E-state index >= 15 is 0 Å². The summed E-state index contributed by atoms with van der Waals surface area (Å²) >= 11 is 0. The highest BCUT2D eigenvalue weighted by molar-refractivity contribution is 5.72. The van der Waals surface area contributed by atoms with Gasteiger partial charge in [-0.15, -0.1) is 0 Å². The number of hydrogen-bond donors (Lipinski definition) is 0. The Morgan fingerprint density at radius 3 is 2.31 bits per heavy atom. The Labute approximate surface area is 93.0 Å². The van der Waals surface area contributed by atoms with Gasteiger partial charge in [0.1, 0.15) is 17.1 Å². The summed E-state index contributed by atoms with van der Waals surface area (Å²) in [7, 11) is 0. The molecule has 0 aliphatic carbocycles. The van der Waals surface area contributed by atoms with Gasteiger partial charge in [0.25, 0.3) is 0 Å². The van der Waals surface area contributed by atoms with Gasteiger partial charge in [0.2, 0.25) is 0 Å². The molecule has 1 aromatic heterocycles. The molecule has 1 aliphatic rings. The molecule has 2 aromatic rings. The molecule has 0 bridgehead atoms. The van der Waals surface area contributed by atoms with Crippen molar-refractivity contribution >= 4 is 11.0 Å². The summed E-state index contributed by atoms with van der Waals surface area (Å²) in [6.45, 7) is 3.29. The van der Waals surface area contributed by atoms with Crippen molar-refractivity contribution in [2.24, 2.45) is 0 Å². The fraction of sp³-hybridized carbons (Fsp3) is 0.455. The van der Waals surface area contributed by atoms with Gasteiger partial charge in [0.15, 0.2) is 6.29 Å². The van der Waals surface area contributed by atoms with Gasteiger partial charge in [-0.3, -0.25) is 0 Å². The minimum Gasteiger partial charge on any atom is -0.348 e. The van der Waals surface area contributed by atoms with E-state index in [-0.39, 0.29) is 12.3 Å². The van der Waals surface area contributed by atoms with E-state index < -0.39 is 0 Å². The van der Waals surface area contributed by atoms with Crippen LogP contribution in [-0.4, -0.2) is 34.5 Å². The molecule has 1 saturated heterocycles. The first-order valence-electron chi connectivity index (χ1n) is 5.39. The fourth-order valence-electron chi connectivity index (χ4n) is 1.82. The molecule has 1 aromatic carbocycles. The predicted molar refractivity (Wildman–Crippen MR) is 57.9 cm³/mol. The van der Waals surface area contributed by atoms with Crippen molar-refractivity contribution in [2.45, 2.75) is 19.3 Å². The van der Waals surface area contributed by atoms with Crippen LogP contribution in [0.5, 0.6) is 0 Å². The molecule has 5 heteroatoms. The predicted octanol–water partition coefficient (Wildman–Crippen LogP) is 1.37. The summed E-state index contributed by atoms with van der Waals surface area (Å²) in [6, 6.07) is 7.79. The largest absolute Gasteiger partial charge is 0.348 e.